The maximum atomic E-state index is 13.4. The van der Waals surface area contributed by atoms with E-state index in [0.717, 1.165) is 37.5 Å². The fourth-order valence-electron chi connectivity index (χ4n) is 4.54. The van der Waals surface area contributed by atoms with Crippen molar-refractivity contribution >= 4 is 22.7 Å². The van der Waals surface area contributed by atoms with Crippen molar-refractivity contribution in [1.29, 1.82) is 0 Å². The Hall–Kier alpha value is -3.28. The van der Waals surface area contributed by atoms with Crippen LogP contribution in [-0.2, 0) is 4.79 Å². The average molecular weight is 391 g/mol. The number of ketones is 1. The normalized spacial score (nSPS) is 20.8. The number of nitrogens with zero attached hydrogens (tertiary/aromatic N) is 1. The molecule has 0 saturated heterocycles. The smallest absolute Gasteiger partial charge is 0.290 e. The van der Waals surface area contributed by atoms with Crippen LogP contribution in [0.2, 0.25) is 0 Å². The molecule has 1 aliphatic carbocycles. The molecule has 1 N–H and O–H groups in total. The first-order chi connectivity index (χ1) is 14.1. The summed E-state index contributed by atoms with van der Waals surface area (Å²) in [6.07, 6.45) is 6.39. The van der Waals surface area contributed by atoms with Crippen LogP contribution in [0.1, 0.15) is 54.5 Å². The van der Waals surface area contributed by atoms with Crippen molar-refractivity contribution in [2.24, 2.45) is 0 Å². The molecular weight excluding hydrogens is 370 g/mol. The lowest BCUT2D eigenvalue weighted by molar-refractivity contribution is -0.132. The molecule has 1 aliphatic heterocycles. The van der Waals surface area contributed by atoms with Crippen molar-refractivity contribution in [1.82, 2.24) is 4.90 Å². The number of Topliss-reactive ketones (excluding diaryl/α,β-unsaturated/α-hetero) is 1. The molecule has 1 fully saturated rings. The van der Waals surface area contributed by atoms with Crippen LogP contribution in [0.15, 0.2) is 68.9 Å². The summed E-state index contributed by atoms with van der Waals surface area (Å²) < 4.78 is 11.3. The molecule has 0 bridgehead atoms. The van der Waals surface area contributed by atoms with Gasteiger partial charge in [-0.15, -0.1) is 0 Å². The monoisotopic (exact) mass is 391 g/mol. The number of carbonyl (C=O) groups is 2. The molecule has 2 aliphatic rings. The summed E-state index contributed by atoms with van der Waals surface area (Å²) in [7, 11) is 0. The van der Waals surface area contributed by atoms with Crippen molar-refractivity contribution < 1.29 is 23.5 Å². The third-order valence-electron chi connectivity index (χ3n) is 5.92. The average Bonchev–Trinajstić information content (AvgIpc) is 3.47. The largest absolute Gasteiger partial charge is 0.503 e. The zero-order chi connectivity index (χ0) is 20.0. The van der Waals surface area contributed by atoms with Crippen LogP contribution in [0.5, 0.6) is 0 Å². The molecule has 0 spiro atoms. The molecule has 3 heterocycles. The number of aliphatic hydroxyl groups excluding tert-OH is 1. The van der Waals surface area contributed by atoms with Gasteiger partial charge in [0.05, 0.1) is 11.8 Å². The topological polar surface area (TPSA) is 83.9 Å². The number of aliphatic hydroxyl groups is 1. The van der Waals surface area contributed by atoms with Crippen molar-refractivity contribution in [2.75, 3.05) is 0 Å². The minimum absolute atomic E-state index is 0.0228. The predicted octanol–water partition coefficient (Wildman–Crippen LogP) is 4.94. The van der Waals surface area contributed by atoms with Crippen LogP contribution in [0.25, 0.3) is 11.0 Å². The van der Waals surface area contributed by atoms with Crippen LogP contribution >= 0.6 is 0 Å². The lowest BCUT2D eigenvalue weighted by atomic mass is 9.92. The quantitative estimate of drug-likeness (QED) is 0.637. The number of hydrogen-bond donors (Lipinski definition) is 1. The van der Waals surface area contributed by atoms with E-state index in [1.807, 2.05) is 18.2 Å². The molecule has 0 radical (unpaired) electrons. The van der Waals surface area contributed by atoms with Gasteiger partial charge in [-0.25, -0.2) is 0 Å². The Kier molecular flexibility index (Phi) is 4.27. The SMILES string of the molecule is O=C(C1=C(O)C(=O)N(C2CCCCC2)C1c1ccco1)c1cc2ccccc2o1. The van der Waals surface area contributed by atoms with E-state index in [4.69, 9.17) is 8.83 Å². The Morgan fingerprint density at radius 1 is 1.07 bits per heavy atom. The zero-order valence-electron chi connectivity index (χ0n) is 15.8. The minimum atomic E-state index is -0.749. The summed E-state index contributed by atoms with van der Waals surface area (Å²) in [6, 6.07) is 11.6. The molecule has 6 heteroatoms. The van der Waals surface area contributed by atoms with E-state index in [9.17, 15) is 14.7 Å². The van der Waals surface area contributed by atoms with Crippen molar-refractivity contribution in [3.63, 3.8) is 0 Å². The van der Waals surface area contributed by atoms with E-state index in [0.29, 0.717) is 11.3 Å². The van der Waals surface area contributed by atoms with Gasteiger partial charge in [-0.2, -0.15) is 0 Å². The van der Waals surface area contributed by atoms with Gasteiger partial charge in [0.1, 0.15) is 17.4 Å². The third-order valence-corrected chi connectivity index (χ3v) is 5.92. The Morgan fingerprint density at radius 3 is 2.59 bits per heavy atom. The molecule has 1 unspecified atom stereocenters. The van der Waals surface area contributed by atoms with Gasteiger partial charge in [0, 0.05) is 11.4 Å². The van der Waals surface area contributed by atoms with E-state index in [1.54, 1.807) is 29.2 Å². The van der Waals surface area contributed by atoms with E-state index >= 15 is 0 Å². The number of rotatable bonds is 4. The lowest BCUT2D eigenvalue weighted by Gasteiger charge is -2.35. The highest BCUT2D eigenvalue weighted by molar-refractivity contribution is 6.15. The number of furan rings is 2. The molecular formula is C23H21NO5. The van der Waals surface area contributed by atoms with Gasteiger partial charge >= 0.3 is 0 Å². The number of para-hydroxylation sites is 1. The summed E-state index contributed by atoms with van der Waals surface area (Å²) in [6.45, 7) is 0. The van der Waals surface area contributed by atoms with Crippen LogP contribution in [0.4, 0.5) is 0 Å². The summed E-state index contributed by atoms with van der Waals surface area (Å²) in [5, 5.41) is 11.5. The fourth-order valence-corrected chi connectivity index (χ4v) is 4.54. The van der Waals surface area contributed by atoms with E-state index < -0.39 is 23.5 Å². The number of carbonyl (C=O) groups excluding carboxylic acids is 2. The van der Waals surface area contributed by atoms with Gasteiger partial charge in [-0.1, -0.05) is 37.5 Å². The second-order valence-corrected chi connectivity index (χ2v) is 7.66. The van der Waals surface area contributed by atoms with Gasteiger partial charge in [0.2, 0.25) is 5.78 Å². The zero-order valence-corrected chi connectivity index (χ0v) is 15.8. The summed E-state index contributed by atoms with van der Waals surface area (Å²) in [4.78, 5) is 28.0. The second-order valence-electron chi connectivity index (χ2n) is 7.66. The lowest BCUT2D eigenvalue weighted by Crippen LogP contribution is -2.41. The molecule has 1 saturated carbocycles. The predicted molar refractivity (Wildman–Crippen MR) is 105 cm³/mol. The standard InChI is InChI=1S/C23H21NO5/c25-21(18-13-14-7-4-5-10-16(14)29-18)19-20(17-11-6-12-28-17)24(23(27)22(19)26)15-8-2-1-3-9-15/h4-7,10-13,15,20,26H,1-3,8-9H2. The van der Waals surface area contributed by atoms with Crippen molar-refractivity contribution in [2.45, 2.75) is 44.2 Å². The van der Waals surface area contributed by atoms with Gasteiger partial charge in [-0.3, -0.25) is 9.59 Å². The highest BCUT2D eigenvalue weighted by atomic mass is 16.3. The van der Waals surface area contributed by atoms with Gasteiger partial charge < -0.3 is 18.8 Å². The molecule has 29 heavy (non-hydrogen) atoms. The maximum absolute atomic E-state index is 13.4. The Labute approximate surface area is 167 Å². The van der Waals surface area contributed by atoms with E-state index in [1.165, 1.54) is 6.26 Å². The van der Waals surface area contributed by atoms with Crippen LogP contribution in [0.3, 0.4) is 0 Å². The van der Waals surface area contributed by atoms with Crippen molar-refractivity contribution in [3.05, 3.63) is 71.6 Å². The fraction of sp³-hybridized carbons (Fsp3) is 0.304. The van der Waals surface area contributed by atoms with Crippen molar-refractivity contribution in [3.8, 4) is 0 Å². The summed E-state index contributed by atoms with van der Waals surface area (Å²) in [5.41, 5.74) is 0.605. The Balaban J connectivity index is 1.59. The molecule has 1 aromatic carbocycles. The summed E-state index contributed by atoms with van der Waals surface area (Å²) >= 11 is 0. The third kappa shape index (κ3) is 2.87. The van der Waals surface area contributed by atoms with Gasteiger partial charge in [0.25, 0.3) is 5.91 Å². The van der Waals surface area contributed by atoms with E-state index in [2.05, 4.69) is 0 Å². The number of amides is 1. The van der Waals surface area contributed by atoms with Crippen LogP contribution in [0, 0.1) is 0 Å². The number of hydrogen-bond acceptors (Lipinski definition) is 5. The molecule has 1 amide bonds. The first kappa shape index (κ1) is 17.8. The Bertz CT molecular complexity index is 1070. The van der Waals surface area contributed by atoms with E-state index in [-0.39, 0.29) is 17.4 Å². The van der Waals surface area contributed by atoms with Crippen LogP contribution in [-0.4, -0.2) is 27.7 Å². The number of fused-ring (bicyclic) bond motifs is 1. The summed E-state index contributed by atoms with van der Waals surface area (Å²) in [5.74, 6) is -0.956. The Morgan fingerprint density at radius 2 is 1.86 bits per heavy atom. The van der Waals surface area contributed by atoms with Gasteiger partial charge in [0.15, 0.2) is 11.5 Å². The highest BCUT2D eigenvalue weighted by Gasteiger charge is 2.48. The maximum Gasteiger partial charge on any atom is 0.290 e. The molecule has 3 aromatic rings. The highest BCUT2D eigenvalue weighted by Crippen LogP contribution is 2.43. The molecule has 1 atom stereocenters. The second kappa shape index (κ2) is 6.95. The molecule has 5 rings (SSSR count). The molecule has 6 nitrogen and oxygen atoms in total. The molecule has 2 aromatic heterocycles. The minimum Gasteiger partial charge on any atom is -0.503 e. The first-order valence-corrected chi connectivity index (χ1v) is 9.97. The van der Waals surface area contributed by atoms with Crippen LogP contribution < -0.4 is 0 Å². The van der Waals surface area contributed by atoms with Gasteiger partial charge in [-0.05, 0) is 37.1 Å². The number of benzene rings is 1. The molecule has 148 valence electrons. The first-order valence-electron chi connectivity index (χ1n) is 9.97.